The van der Waals surface area contributed by atoms with Gasteiger partial charge >= 0.3 is 0 Å². The predicted octanol–water partition coefficient (Wildman–Crippen LogP) is 3.40. The zero-order chi connectivity index (χ0) is 12.4. The molecule has 3 nitrogen and oxygen atoms in total. The average molecular weight is 314 g/mol. The van der Waals surface area contributed by atoms with E-state index in [1.54, 1.807) is 11.3 Å². The summed E-state index contributed by atoms with van der Waals surface area (Å²) < 4.78 is 3.03. The van der Waals surface area contributed by atoms with E-state index in [2.05, 4.69) is 50.1 Å². The smallest absolute Gasteiger partial charge is 0.0739 e. The van der Waals surface area contributed by atoms with Crippen LogP contribution in [0.1, 0.15) is 29.9 Å². The van der Waals surface area contributed by atoms with Crippen molar-refractivity contribution in [1.29, 1.82) is 0 Å². The maximum atomic E-state index is 4.38. The number of nitrogens with one attached hydrogen (secondary N) is 1. The second-order valence-corrected chi connectivity index (χ2v) is 5.70. The molecule has 0 aliphatic carbocycles. The van der Waals surface area contributed by atoms with Crippen molar-refractivity contribution in [2.24, 2.45) is 7.05 Å². The first-order valence-electron chi connectivity index (χ1n) is 5.53. The van der Waals surface area contributed by atoms with Crippen molar-refractivity contribution in [1.82, 2.24) is 15.1 Å². The lowest BCUT2D eigenvalue weighted by molar-refractivity contribution is 0.548. The second-order valence-electron chi connectivity index (χ2n) is 4.13. The molecule has 0 aliphatic heterocycles. The lowest BCUT2D eigenvalue weighted by Gasteiger charge is -2.12. The van der Waals surface area contributed by atoms with Crippen molar-refractivity contribution in [2.75, 3.05) is 0 Å². The molecule has 0 aliphatic rings. The number of rotatable bonds is 4. The Morgan fingerprint density at radius 3 is 2.88 bits per heavy atom. The first-order valence-corrected chi connectivity index (χ1v) is 7.26. The Morgan fingerprint density at radius 1 is 1.59 bits per heavy atom. The number of hydrogen-bond acceptors (Lipinski definition) is 3. The normalized spacial score (nSPS) is 12.9. The van der Waals surface area contributed by atoms with Crippen molar-refractivity contribution >= 4 is 27.3 Å². The largest absolute Gasteiger partial charge is 0.305 e. The predicted molar refractivity (Wildman–Crippen MR) is 75.2 cm³/mol. The van der Waals surface area contributed by atoms with E-state index in [0.717, 1.165) is 16.7 Å². The van der Waals surface area contributed by atoms with Crippen LogP contribution in [0.4, 0.5) is 0 Å². The highest BCUT2D eigenvalue weighted by molar-refractivity contribution is 9.10. The summed E-state index contributed by atoms with van der Waals surface area (Å²) in [6, 6.07) is 2.52. The van der Waals surface area contributed by atoms with Crippen molar-refractivity contribution in [3.8, 4) is 0 Å². The molecule has 5 heteroatoms. The van der Waals surface area contributed by atoms with Gasteiger partial charge in [0, 0.05) is 19.6 Å². The summed E-state index contributed by atoms with van der Waals surface area (Å²) in [6.07, 6.45) is 0. The quantitative estimate of drug-likeness (QED) is 0.937. The highest BCUT2D eigenvalue weighted by atomic mass is 79.9. The maximum Gasteiger partial charge on any atom is 0.0739 e. The Labute approximate surface area is 114 Å². The molecule has 0 aromatic carbocycles. The van der Waals surface area contributed by atoms with Gasteiger partial charge in [-0.25, -0.2) is 0 Å². The van der Waals surface area contributed by atoms with E-state index < -0.39 is 0 Å². The SMILES string of the molecule is Cc1nn(C)c(CNC(C)c2ccsc2)c1Br. The Balaban J connectivity index is 2.03. The lowest BCUT2D eigenvalue weighted by atomic mass is 10.2. The topological polar surface area (TPSA) is 29.9 Å². The van der Waals surface area contributed by atoms with E-state index in [1.807, 2.05) is 18.7 Å². The molecule has 2 aromatic heterocycles. The molecule has 2 rings (SSSR count). The Bertz CT molecular complexity index is 490. The van der Waals surface area contributed by atoms with Crippen molar-refractivity contribution in [3.63, 3.8) is 0 Å². The molecule has 92 valence electrons. The van der Waals surface area contributed by atoms with Crippen molar-refractivity contribution in [3.05, 3.63) is 38.3 Å². The summed E-state index contributed by atoms with van der Waals surface area (Å²) in [7, 11) is 1.98. The second kappa shape index (κ2) is 5.33. The van der Waals surface area contributed by atoms with Gasteiger partial charge in [0.05, 0.1) is 15.9 Å². The number of thiophene rings is 1. The van der Waals surface area contributed by atoms with Gasteiger partial charge < -0.3 is 5.32 Å². The molecule has 1 unspecified atom stereocenters. The molecule has 2 aromatic rings. The van der Waals surface area contributed by atoms with Gasteiger partial charge in [-0.2, -0.15) is 16.4 Å². The minimum absolute atomic E-state index is 0.364. The first-order chi connectivity index (χ1) is 8.09. The number of nitrogens with zero attached hydrogens (tertiary/aromatic N) is 2. The maximum absolute atomic E-state index is 4.38. The molecular formula is C12H16BrN3S. The molecule has 0 saturated heterocycles. The van der Waals surface area contributed by atoms with Crippen LogP contribution in [0.5, 0.6) is 0 Å². The standard InChI is InChI=1S/C12H16BrN3S/c1-8(10-4-5-17-7-10)14-6-11-12(13)9(2)15-16(11)3/h4-5,7-8,14H,6H2,1-3H3. The number of aromatic nitrogens is 2. The summed E-state index contributed by atoms with van der Waals surface area (Å²) in [6.45, 7) is 5.00. The zero-order valence-corrected chi connectivity index (χ0v) is 12.6. The molecule has 0 bridgehead atoms. The van der Waals surface area contributed by atoms with Crippen LogP contribution in [0.25, 0.3) is 0 Å². The molecule has 17 heavy (non-hydrogen) atoms. The van der Waals surface area contributed by atoms with E-state index in [0.29, 0.717) is 6.04 Å². The summed E-state index contributed by atoms with van der Waals surface area (Å²) in [5.41, 5.74) is 3.56. The fraction of sp³-hybridized carbons (Fsp3) is 0.417. The lowest BCUT2D eigenvalue weighted by Crippen LogP contribution is -2.19. The molecule has 1 N–H and O–H groups in total. The van der Waals surface area contributed by atoms with E-state index in [1.165, 1.54) is 11.3 Å². The van der Waals surface area contributed by atoms with Gasteiger partial charge in [0.1, 0.15) is 0 Å². The van der Waals surface area contributed by atoms with Crippen LogP contribution < -0.4 is 5.32 Å². The Morgan fingerprint density at radius 2 is 2.35 bits per heavy atom. The fourth-order valence-electron chi connectivity index (χ4n) is 1.76. The van der Waals surface area contributed by atoms with E-state index in [9.17, 15) is 0 Å². The van der Waals surface area contributed by atoms with Crippen LogP contribution in [0.2, 0.25) is 0 Å². The third kappa shape index (κ3) is 2.78. The molecule has 0 radical (unpaired) electrons. The van der Waals surface area contributed by atoms with Gasteiger partial charge in [0.25, 0.3) is 0 Å². The Hall–Kier alpha value is -0.650. The van der Waals surface area contributed by atoms with Crippen molar-refractivity contribution < 1.29 is 0 Å². The molecule has 0 amide bonds. The summed E-state index contributed by atoms with van der Waals surface area (Å²) >= 11 is 5.31. The van der Waals surface area contributed by atoms with Crippen LogP contribution in [-0.4, -0.2) is 9.78 Å². The van der Waals surface area contributed by atoms with Crippen LogP contribution >= 0.6 is 27.3 Å². The summed E-state index contributed by atoms with van der Waals surface area (Å²) in [5, 5.41) is 12.2. The molecular weight excluding hydrogens is 298 g/mol. The van der Waals surface area contributed by atoms with Crippen LogP contribution in [-0.2, 0) is 13.6 Å². The molecule has 0 saturated carbocycles. The summed E-state index contributed by atoms with van der Waals surface area (Å²) in [4.78, 5) is 0. The zero-order valence-electron chi connectivity index (χ0n) is 10.2. The van der Waals surface area contributed by atoms with Gasteiger partial charge in [-0.1, -0.05) is 0 Å². The van der Waals surface area contributed by atoms with E-state index in [4.69, 9.17) is 0 Å². The highest BCUT2D eigenvalue weighted by Gasteiger charge is 2.12. The fourth-order valence-corrected chi connectivity index (χ4v) is 2.99. The van der Waals surface area contributed by atoms with Crippen LogP contribution in [0.15, 0.2) is 21.3 Å². The average Bonchev–Trinajstić information content (AvgIpc) is 2.88. The minimum Gasteiger partial charge on any atom is -0.305 e. The van der Waals surface area contributed by atoms with Gasteiger partial charge in [-0.05, 0) is 52.2 Å². The monoisotopic (exact) mass is 313 g/mol. The van der Waals surface area contributed by atoms with Gasteiger partial charge in [-0.3, -0.25) is 4.68 Å². The van der Waals surface area contributed by atoms with Crippen molar-refractivity contribution in [2.45, 2.75) is 26.4 Å². The van der Waals surface area contributed by atoms with Crippen LogP contribution in [0.3, 0.4) is 0 Å². The van der Waals surface area contributed by atoms with Crippen LogP contribution in [0, 0.1) is 6.92 Å². The van der Waals surface area contributed by atoms with Gasteiger partial charge in [0.2, 0.25) is 0 Å². The highest BCUT2D eigenvalue weighted by Crippen LogP contribution is 2.21. The summed E-state index contributed by atoms with van der Waals surface area (Å²) in [5.74, 6) is 0. The molecule has 0 spiro atoms. The van der Waals surface area contributed by atoms with E-state index >= 15 is 0 Å². The van der Waals surface area contributed by atoms with E-state index in [-0.39, 0.29) is 0 Å². The van der Waals surface area contributed by atoms with Gasteiger partial charge in [-0.15, -0.1) is 0 Å². The molecule has 2 heterocycles. The first kappa shape index (κ1) is 12.8. The number of halogens is 1. The number of aryl methyl sites for hydroxylation is 2. The third-order valence-electron chi connectivity index (χ3n) is 2.88. The number of hydrogen-bond donors (Lipinski definition) is 1. The third-order valence-corrected chi connectivity index (χ3v) is 4.61. The molecule has 0 fully saturated rings. The Kier molecular flexibility index (Phi) is 4.01. The molecule has 1 atom stereocenters. The van der Waals surface area contributed by atoms with Gasteiger partial charge in [0.15, 0.2) is 0 Å². The minimum atomic E-state index is 0.364.